The number of ether oxygens (including phenoxy) is 1. The van der Waals surface area contributed by atoms with Crippen molar-refractivity contribution in [2.45, 2.75) is 31.3 Å². The maximum absolute atomic E-state index is 12.4. The van der Waals surface area contributed by atoms with Crippen molar-refractivity contribution in [1.29, 1.82) is 0 Å². The van der Waals surface area contributed by atoms with Gasteiger partial charge in [-0.15, -0.1) is 0 Å². The standard InChI is InChI=1S/C17H18N2O7S/c1-2-7-25-16(20)11-19-14-6-5-13(9-15(14)26-17(19)21)27(22,23)18-10-12-4-3-8-24-12/h3-6,8-9,18H,2,7,10-11H2,1H3. The summed E-state index contributed by atoms with van der Waals surface area (Å²) in [6.45, 7) is 1.79. The second-order valence-electron chi connectivity index (χ2n) is 5.71. The van der Waals surface area contributed by atoms with Crippen LogP contribution in [0.25, 0.3) is 11.1 Å². The van der Waals surface area contributed by atoms with E-state index in [1.807, 2.05) is 6.92 Å². The van der Waals surface area contributed by atoms with Gasteiger partial charge in [-0.05, 0) is 30.7 Å². The maximum Gasteiger partial charge on any atom is 0.420 e. The average molecular weight is 394 g/mol. The summed E-state index contributed by atoms with van der Waals surface area (Å²) in [6.07, 6.45) is 2.11. The summed E-state index contributed by atoms with van der Waals surface area (Å²) in [5.74, 6) is -0.877. The largest absolute Gasteiger partial charge is 0.468 e. The van der Waals surface area contributed by atoms with Crippen LogP contribution in [0.5, 0.6) is 0 Å². The van der Waals surface area contributed by atoms with Crippen LogP contribution in [0, 0.1) is 0 Å². The molecule has 9 nitrogen and oxygen atoms in total. The van der Waals surface area contributed by atoms with Gasteiger partial charge in [-0.1, -0.05) is 6.92 Å². The highest BCUT2D eigenvalue weighted by Crippen LogP contribution is 2.19. The molecule has 0 bridgehead atoms. The third-order valence-corrected chi connectivity index (χ3v) is 5.12. The van der Waals surface area contributed by atoms with Gasteiger partial charge in [-0.25, -0.2) is 17.9 Å². The van der Waals surface area contributed by atoms with Gasteiger partial charge in [0.2, 0.25) is 10.0 Å². The van der Waals surface area contributed by atoms with Crippen LogP contribution >= 0.6 is 0 Å². The second-order valence-corrected chi connectivity index (χ2v) is 7.47. The topological polar surface area (TPSA) is 121 Å². The van der Waals surface area contributed by atoms with Crippen molar-refractivity contribution < 1.29 is 26.8 Å². The third-order valence-electron chi connectivity index (χ3n) is 3.72. The quantitative estimate of drug-likeness (QED) is 0.576. The van der Waals surface area contributed by atoms with E-state index >= 15 is 0 Å². The molecule has 0 aliphatic heterocycles. The van der Waals surface area contributed by atoms with Crippen LogP contribution in [0.4, 0.5) is 0 Å². The van der Waals surface area contributed by atoms with Gasteiger partial charge in [0.15, 0.2) is 5.58 Å². The Morgan fingerprint density at radius 3 is 2.81 bits per heavy atom. The van der Waals surface area contributed by atoms with E-state index in [2.05, 4.69) is 4.72 Å². The van der Waals surface area contributed by atoms with E-state index in [9.17, 15) is 18.0 Å². The molecule has 0 fully saturated rings. The molecule has 144 valence electrons. The average Bonchev–Trinajstić information content (AvgIpc) is 3.26. The lowest BCUT2D eigenvalue weighted by atomic mass is 10.3. The van der Waals surface area contributed by atoms with Crippen molar-refractivity contribution in [3.8, 4) is 0 Å². The lowest BCUT2D eigenvalue weighted by Crippen LogP contribution is -2.23. The second kappa shape index (κ2) is 7.80. The van der Waals surface area contributed by atoms with E-state index < -0.39 is 21.7 Å². The predicted molar refractivity (Wildman–Crippen MR) is 94.5 cm³/mol. The number of benzene rings is 1. The summed E-state index contributed by atoms with van der Waals surface area (Å²) < 4.78 is 43.4. The minimum atomic E-state index is -3.84. The van der Waals surface area contributed by atoms with Gasteiger partial charge in [0.25, 0.3) is 0 Å². The number of furan rings is 1. The molecule has 0 aliphatic rings. The Hall–Kier alpha value is -2.85. The van der Waals surface area contributed by atoms with E-state index in [0.29, 0.717) is 17.7 Å². The van der Waals surface area contributed by atoms with Gasteiger partial charge >= 0.3 is 11.7 Å². The molecular weight excluding hydrogens is 376 g/mol. The Bertz CT molecular complexity index is 1090. The van der Waals surface area contributed by atoms with E-state index in [1.165, 1.54) is 24.5 Å². The number of aromatic nitrogens is 1. The van der Waals surface area contributed by atoms with Crippen LogP contribution in [0.15, 0.2) is 55.1 Å². The van der Waals surface area contributed by atoms with Gasteiger partial charge in [-0.2, -0.15) is 0 Å². The van der Waals surface area contributed by atoms with E-state index in [1.54, 1.807) is 12.1 Å². The number of esters is 1. The van der Waals surface area contributed by atoms with Crippen molar-refractivity contribution in [2.24, 2.45) is 0 Å². The summed E-state index contributed by atoms with van der Waals surface area (Å²) in [6, 6.07) is 7.26. The molecule has 1 N–H and O–H groups in total. The third kappa shape index (κ3) is 4.29. The molecule has 10 heteroatoms. The number of oxazole rings is 1. The molecule has 0 saturated heterocycles. The van der Waals surface area contributed by atoms with E-state index in [4.69, 9.17) is 13.6 Å². The molecule has 3 aromatic rings. The van der Waals surface area contributed by atoms with Gasteiger partial charge in [0, 0.05) is 6.07 Å². The molecule has 27 heavy (non-hydrogen) atoms. The van der Waals surface area contributed by atoms with Crippen molar-refractivity contribution in [3.05, 3.63) is 52.9 Å². The lowest BCUT2D eigenvalue weighted by molar-refractivity contribution is -0.144. The Morgan fingerprint density at radius 2 is 2.11 bits per heavy atom. The molecule has 0 unspecified atom stereocenters. The minimum absolute atomic E-state index is 0.0123. The molecule has 1 aromatic carbocycles. The summed E-state index contributed by atoms with van der Waals surface area (Å²) in [5, 5.41) is 0. The fraction of sp³-hybridized carbons (Fsp3) is 0.294. The number of carbonyl (C=O) groups excluding carboxylic acids is 1. The molecule has 0 saturated carbocycles. The predicted octanol–water partition coefficient (Wildman–Crippen LogP) is 1.62. The lowest BCUT2D eigenvalue weighted by Gasteiger charge is -2.06. The fourth-order valence-corrected chi connectivity index (χ4v) is 3.43. The summed E-state index contributed by atoms with van der Waals surface area (Å²) >= 11 is 0. The first-order chi connectivity index (χ1) is 12.9. The first kappa shape index (κ1) is 18.9. The van der Waals surface area contributed by atoms with Crippen LogP contribution < -0.4 is 10.5 Å². The molecule has 3 rings (SSSR count). The summed E-state index contributed by atoms with van der Waals surface area (Å²) in [4.78, 5) is 23.7. The van der Waals surface area contributed by atoms with E-state index in [-0.39, 0.29) is 30.2 Å². The first-order valence-corrected chi connectivity index (χ1v) is 9.70. The molecule has 0 spiro atoms. The summed E-state index contributed by atoms with van der Waals surface area (Å²) in [5.41, 5.74) is 0.364. The highest BCUT2D eigenvalue weighted by Gasteiger charge is 2.19. The highest BCUT2D eigenvalue weighted by atomic mass is 32.2. The van der Waals surface area contributed by atoms with Gasteiger partial charge < -0.3 is 13.6 Å². The minimum Gasteiger partial charge on any atom is -0.468 e. The zero-order valence-electron chi connectivity index (χ0n) is 14.5. The number of sulfonamides is 1. The number of fused-ring (bicyclic) bond motifs is 1. The zero-order chi connectivity index (χ0) is 19.4. The van der Waals surface area contributed by atoms with Crippen LogP contribution in [-0.2, 0) is 32.6 Å². The molecule has 2 heterocycles. The maximum atomic E-state index is 12.4. The Kier molecular flexibility index (Phi) is 5.47. The number of carbonyl (C=O) groups is 1. The number of hydrogen-bond acceptors (Lipinski definition) is 7. The molecule has 0 amide bonds. The Balaban J connectivity index is 1.83. The Morgan fingerprint density at radius 1 is 1.30 bits per heavy atom. The molecular formula is C17H18N2O7S. The normalized spacial score (nSPS) is 11.7. The van der Waals surface area contributed by atoms with Crippen LogP contribution in [0.1, 0.15) is 19.1 Å². The molecule has 0 aliphatic carbocycles. The van der Waals surface area contributed by atoms with Crippen molar-refractivity contribution >= 4 is 27.1 Å². The fourth-order valence-electron chi connectivity index (χ4n) is 2.42. The van der Waals surface area contributed by atoms with Gasteiger partial charge in [-0.3, -0.25) is 9.36 Å². The van der Waals surface area contributed by atoms with E-state index in [0.717, 1.165) is 4.57 Å². The van der Waals surface area contributed by atoms with Crippen molar-refractivity contribution in [1.82, 2.24) is 9.29 Å². The van der Waals surface area contributed by atoms with Gasteiger partial charge in [0.1, 0.15) is 12.3 Å². The number of nitrogens with zero attached hydrogens (tertiary/aromatic N) is 1. The monoisotopic (exact) mass is 394 g/mol. The van der Waals surface area contributed by atoms with Crippen molar-refractivity contribution in [2.75, 3.05) is 6.61 Å². The number of hydrogen-bond donors (Lipinski definition) is 1. The first-order valence-electron chi connectivity index (χ1n) is 8.22. The molecule has 2 aromatic heterocycles. The van der Waals surface area contributed by atoms with Crippen molar-refractivity contribution in [3.63, 3.8) is 0 Å². The number of nitrogens with one attached hydrogen (secondary N) is 1. The number of rotatable bonds is 8. The van der Waals surface area contributed by atoms with Gasteiger partial charge in [0.05, 0.1) is 29.8 Å². The Labute approximate surface area is 154 Å². The van der Waals surface area contributed by atoms with Crippen LogP contribution in [0.3, 0.4) is 0 Å². The highest BCUT2D eigenvalue weighted by molar-refractivity contribution is 7.89. The molecule has 0 radical (unpaired) electrons. The van der Waals surface area contributed by atoms with Crippen LogP contribution in [0.2, 0.25) is 0 Å². The SMILES string of the molecule is CCCOC(=O)Cn1c(=O)oc2cc(S(=O)(=O)NCc3ccco3)ccc21. The van der Waals surface area contributed by atoms with Crippen LogP contribution in [-0.4, -0.2) is 25.6 Å². The zero-order valence-corrected chi connectivity index (χ0v) is 15.3. The molecule has 0 atom stereocenters. The summed E-state index contributed by atoms with van der Waals surface area (Å²) in [7, 11) is -3.84. The smallest absolute Gasteiger partial charge is 0.420 e.